The van der Waals surface area contributed by atoms with Gasteiger partial charge in [-0.3, -0.25) is 4.79 Å². The number of hydrogen-bond donors (Lipinski definition) is 4. The highest BCUT2D eigenvalue weighted by atomic mass is 16.7. The molecule has 13 nitrogen and oxygen atoms in total. The molecule has 17 atom stereocenters. The van der Waals surface area contributed by atoms with Crippen LogP contribution < -0.4 is 0 Å². The predicted molar refractivity (Wildman–Crippen MR) is 212 cm³/mol. The summed E-state index contributed by atoms with van der Waals surface area (Å²) >= 11 is 0. The zero-order valence-electron chi connectivity index (χ0n) is 36.5. The largest absolute Gasteiger partial charge is 0.489 e. The quantitative estimate of drug-likeness (QED) is 0.203. The maximum Gasteiger partial charge on any atom is 0.311 e. The number of aliphatic hydroxyl groups excluding tert-OH is 3. The Hall–Kier alpha value is -2.17. The summed E-state index contributed by atoms with van der Waals surface area (Å²) in [5.74, 6) is -2.38. The van der Waals surface area contributed by atoms with Gasteiger partial charge in [0.2, 0.25) is 0 Å². The first-order chi connectivity index (χ1) is 26.5. The Kier molecular flexibility index (Phi) is 14.0. The van der Waals surface area contributed by atoms with Gasteiger partial charge < -0.3 is 58.1 Å². The molecule has 4 aliphatic heterocycles. The fourth-order valence-corrected chi connectivity index (χ4v) is 10.1. The van der Waals surface area contributed by atoms with Crippen LogP contribution in [0.1, 0.15) is 100 Å². The molecule has 0 saturated carbocycles. The molecule has 57 heavy (non-hydrogen) atoms. The zero-order valence-corrected chi connectivity index (χ0v) is 36.5. The number of fused-ring (bicyclic) bond motifs is 2. The summed E-state index contributed by atoms with van der Waals surface area (Å²) in [5.41, 5.74) is -1.92. The van der Waals surface area contributed by atoms with Gasteiger partial charge in [-0.25, -0.2) is 0 Å². The molecule has 324 valence electrons. The molecule has 0 aromatic heterocycles. The average molecular weight is 807 g/mol. The second-order valence-electron chi connectivity index (χ2n) is 18.8. The van der Waals surface area contributed by atoms with E-state index in [1.54, 1.807) is 34.6 Å². The van der Waals surface area contributed by atoms with Crippen molar-refractivity contribution in [3.8, 4) is 0 Å². The molecule has 2 bridgehead atoms. The van der Waals surface area contributed by atoms with Crippen molar-refractivity contribution in [3.05, 3.63) is 47.2 Å². The molecule has 13 heteroatoms. The Morgan fingerprint density at radius 3 is 2.19 bits per heavy atom. The molecule has 3 fully saturated rings. The SMILES string of the molecule is CC[C@H]1OC(=O)[C@H](C)[C@@H](O[C@H]2C[C@@](C)(OC)[C@@H](O)[C@H](C)O2)[C@H](C)[C@@H](O[C@@H]2O[C@H](C)C[C@H]([N+](C)(C)Cc3ccccc3)[C@H]2O)[C@@]2(C)CC(C)=C(O2)[C@H](C)[C@@H](O)[C@]1(C)O. The standard InChI is InChI=1S/C44H72NO12/c1-14-32-44(10,50)37(47)26(4)35-24(2)21-43(9,57-35)39(56-41-34(46)31(20-25(3)52-41)45(11,12)23-30-18-16-15-17-19-30)27(5)36(28(6)40(49)54-32)55-33-22-42(8,51-13)38(48)29(7)53-33/h15-19,25-29,31-34,36-39,41,46-48,50H,14,20-23H2,1-13H3/q+1/t25-,26+,27+,28-,29+,31+,32-,33+,34-,36+,37-,38+,39-,41+,42-,43-,44-/m1/s1. The molecule has 0 radical (unpaired) electrons. The van der Waals surface area contributed by atoms with Crippen molar-refractivity contribution in [3.63, 3.8) is 0 Å². The highest BCUT2D eigenvalue weighted by molar-refractivity contribution is 5.73. The van der Waals surface area contributed by atoms with Crippen LogP contribution >= 0.6 is 0 Å². The fraction of sp³-hybridized carbons (Fsp3) is 0.795. The highest BCUT2D eigenvalue weighted by Gasteiger charge is 2.57. The van der Waals surface area contributed by atoms with Crippen LogP contribution in [0.4, 0.5) is 0 Å². The number of rotatable bonds is 9. The number of carbonyl (C=O) groups excluding carboxylic acids is 1. The monoisotopic (exact) mass is 807 g/mol. The van der Waals surface area contributed by atoms with Crippen molar-refractivity contribution < 1.29 is 62.9 Å². The van der Waals surface area contributed by atoms with Gasteiger partial charge in [0.1, 0.15) is 47.9 Å². The number of quaternary nitrogens is 1. The maximum absolute atomic E-state index is 14.3. The minimum absolute atomic E-state index is 0.165. The van der Waals surface area contributed by atoms with Gasteiger partial charge in [-0.15, -0.1) is 0 Å². The molecule has 5 rings (SSSR count). The van der Waals surface area contributed by atoms with Crippen molar-refractivity contribution in [2.45, 2.75) is 186 Å². The molecule has 4 aliphatic rings. The van der Waals surface area contributed by atoms with E-state index in [4.69, 9.17) is 33.2 Å². The van der Waals surface area contributed by atoms with E-state index in [9.17, 15) is 25.2 Å². The van der Waals surface area contributed by atoms with Crippen LogP contribution in [-0.2, 0) is 44.5 Å². The third-order valence-corrected chi connectivity index (χ3v) is 13.6. The third kappa shape index (κ3) is 9.28. The lowest BCUT2D eigenvalue weighted by Gasteiger charge is -2.50. The smallest absolute Gasteiger partial charge is 0.311 e. The topological polar surface area (TPSA) is 163 Å². The summed E-state index contributed by atoms with van der Waals surface area (Å²) in [4.78, 5) is 14.3. The Morgan fingerprint density at radius 1 is 0.930 bits per heavy atom. The van der Waals surface area contributed by atoms with Crippen LogP contribution in [-0.4, -0.2) is 136 Å². The first-order valence-corrected chi connectivity index (χ1v) is 20.9. The van der Waals surface area contributed by atoms with E-state index in [1.165, 1.54) is 14.0 Å². The number of methoxy groups -OCH3 is 1. The van der Waals surface area contributed by atoms with Gasteiger partial charge >= 0.3 is 5.97 Å². The molecule has 4 N–H and O–H groups in total. The fourth-order valence-electron chi connectivity index (χ4n) is 10.1. The third-order valence-electron chi connectivity index (χ3n) is 13.6. The first kappa shape index (κ1) is 45.9. The van der Waals surface area contributed by atoms with E-state index < -0.39 is 95.8 Å². The second kappa shape index (κ2) is 17.4. The van der Waals surface area contributed by atoms with Crippen molar-refractivity contribution in [1.29, 1.82) is 0 Å². The summed E-state index contributed by atoms with van der Waals surface area (Å²) in [5, 5.41) is 46.9. The molecule has 0 aliphatic carbocycles. The van der Waals surface area contributed by atoms with Crippen molar-refractivity contribution in [2.75, 3.05) is 21.2 Å². The van der Waals surface area contributed by atoms with Crippen LogP contribution in [0.5, 0.6) is 0 Å². The van der Waals surface area contributed by atoms with E-state index in [1.807, 2.05) is 45.9 Å². The lowest BCUT2D eigenvalue weighted by molar-refractivity contribution is -0.934. The Morgan fingerprint density at radius 2 is 1.58 bits per heavy atom. The average Bonchev–Trinajstić information content (AvgIpc) is 3.47. The van der Waals surface area contributed by atoms with Crippen molar-refractivity contribution >= 4 is 5.97 Å². The molecular weight excluding hydrogens is 734 g/mol. The van der Waals surface area contributed by atoms with E-state index in [-0.39, 0.29) is 25.0 Å². The summed E-state index contributed by atoms with van der Waals surface area (Å²) in [6, 6.07) is 9.93. The minimum atomic E-state index is -1.83. The van der Waals surface area contributed by atoms with Gasteiger partial charge in [0.15, 0.2) is 18.7 Å². The predicted octanol–water partition coefficient (Wildman–Crippen LogP) is 4.61. The van der Waals surface area contributed by atoms with Crippen molar-refractivity contribution in [1.82, 2.24) is 0 Å². The molecule has 1 aromatic rings. The van der Waals surface area contributed by atoms with Gasteiger partial charge in [0.05, 0.1) is 50.0 Å². The maximum atomic E-state index is 14.3. The molecule has 1 aromatic carbocycles. The number of aliphatic hydroxyl groups is 4. The highest BCUT2D eigenvalue weighted by Crippen LogP contribution is 2.47. The van der Waals surface area contributed by atoms with Gasteiger partial charge in [0.25, 0.3) is 0 Å². The summed E-state index contributed by atoms with van der Waals surface area (Å²) in [7, 11) is 5.75. The Bertz CT molecular complexity index is 1550. The van der Waals surface area contributed by atoms with Crippen molar-refractivity contribution in [2.24, 2.45) is 17.8 Å². The Balaban J connectivity index is 1.58. The Labute approximate surface area is 340 Å². The van der Waals surface area contributed by atoms with Gasteiger partial charge in [-0.05, 0) is 60.5 Å². The normalized spacial score (nSPS) is 45.0. The second-order valence-corrected chi connectivity index (χ2v) is 18.8. The molecule has 0 amide bonds. The van der Waals surface area contributed by atoms with E-state index in [2.05, 4.69) is 26.2 Å². The summed E-state index contributed by atoms with van der Waals surface area (Å²) < 4.78 is 45.9. The lowest BCUT2D eigenvalue weighted by Crippen LogP contribution is -2.64. The summed E-state index contributed by atoms with van der Waals surface area (Å²) in [6.07, 6.45) is -7.67. The van der Waals surface area contributed by atoms with E-state index >= 15 is 0 Å². The van der Waals surface area contributed by atoms with Crippen LogP contribution in [0.25, 0.3) is 0 Å². The molecular formula is C44H72NO12+. The van der Waals surface area contributed by atoms with Crippen LogP contribution in [0.2, 0.25) is 0 Å². The number of esters is 1. The number of nitrogens with zero attached hydrogens (tertiary/aromatic N) is 1. The minimum Gasteiger partial charge on any atom is -0.489 e. The molecule has 0 unspecified atom stereocenters. The number of ether oxygens (including phenoxy) is 7. The number of carbonyl (C=O) groups is 1. The number of benzene rings is 1. The number of hydrogen-bond acceptors (Lipinski definition) is 12. The van der Waals surface area contributed by atoms with Crippen LogP contribution in [0.3, 0.4) is 0 Å². The molecule has 4 heterocycles. The van der Waals surface area contributed by atoms with Crippen LogP contribution in [0.15, 0.2) is 41.7 Å². The zero-order chi connectivity index (χ0) is 42.4. The van der Waals surface area contributed by atoms with Gasteiger partial charge in [-0.2, -0.15) is 0 Å². The van der Waals surface area contributed by atoms with Gasteiger partial charge in [-0.1, -0.05) is 51.1 Å². The van der Waals surface area contributed by atoms with Crippen LogP contribution in [0, 0.1) is 17.8 Å². The van der Waals surface area contributed by atoms with Gasteiger partial charge in [0, 0.05) is 43.8 Å². The summed E-state index contributed by atoms with van der Waals surface area (Å²) in [6.45, 7) is 18.8. The van der Waals surface area contributed by atoms with E-state index in [0.717, 1.165) is 11.1 Å². The van der Waals surface area contributed by atoms with E-state index in [0.29, 0.717) is 29.6 Å². The molecule has 3 saturated heterocycles. The lowest BCUT2D eigenvalue weighted by atomic mass is 9.78. The number of cyclic esters (lactones) is 1. The number of likely N-dealkylation sites (N-methyl/N-ethyl adjacent to an activating group) is 1. The molecule has 0 spiro atoms. The first-order valence-electron chi connectivity index (χ1n) is 20.9.